The van der Waals surface area contributed by atoms with Gasteiger partial charge in [0.25, 0.3) is 0 Å². The van der Waals surface area contributed by atoms with Crippen LogP contribution in [0.25, 0.3) is 54.6 Å². The fraction of sp³-hybridized carbons (Fsp3) is 0.0323. The Morgan fingerprint density at radius 2 is 0.935 bits per heavy atom. The van der Waals surface area contributed by atoms with Gasteiger partial charge in [0, 0.05) is 0 Å². The number of benzene rings is 6. The summed E-state index contributed by atoms with van der Waals surface area (Å²) in [7, 11) is 0. The molecular weight excluding hydrogens is 372 g/mol. The zero-order valence-corrected chi connectivity index (χ0v) is 17.1. The molecule has 144 valence electrons. The lowest BCUT2D eigenvalue weighted by molar-refractivity contribution is 1.26. The minimum absolute atomic E-state index is 1.03. The molecule has 0 heteroatoms. The normalized spacial score (nSPS) is 12.4. The SMILES string of the molecule is c1ccc2c(c1)Cc1cccc(-c3ccc4c5ccccc5c5ccccc5c4c3)c1-2. The molecule has 0 saturated carbocycles. The first-order valence-corrected chi connectivity index (χ1v) is 10.9. The average Bonchev–Trinajstić information content (AvgIpc) is 3.23. The first kappa shape index (κ1) is 16.8. The van der Waals surface area contributed by atoms with E-state index in [9.17, 15) is 0 Å². The van der Waals surface area contributed by atoms with Crippen molar-refractivity contribution in [1.82, 2.24) is 0 Å². The predicted octanol–water partition coefficient (Wildman–Crippen LogP) is 8.38. The summed E-state index contributed by atoms with van der Waals surface area (Å²) in [6, 6.07) is 40.2. The van der Waals surface area contributed by atoms with Crippen molar-refractivity contribution >= 4 is 32.3 Å². The Labute approximate surface area is 181 Å². The zero-order chi connectivity index (χ0) is 20.4. The van der Waals surface area contributed by atoms with Crippen molar-refractivity contribution in [3.8, 4) is 22.3 Å². The van der Waals surface area contributed by atoms with Gasteiger partial charge in [-0.2, -0.15) is 0 Å². The average molecular weight is 393 g/mol. The van der Waals surface area contributed by atoms with Gasteiger partial charge in [-0.15, -0.1) is 0 Å². The summed E-state index contributed by atoms with van der Waals surface area (Å²) in [5, 5.41) is 7.96. The highest BCUT2D eigenvalue weighted by molar-refractivity contribution is 6.25. The van der Waals surface area contributed by atoms with Gasteiger partial charge < -0.3 is 0 Å². The van der Waals surface area contributed by atoms with Gasteiger partial charge in [0.1, 0.15) is 0 Å². The van der Waals surface area contributed by atoms with Crippen LogP contribution in [0, 0.1) is 0 Å². The molecule has 0 amide bonds. The number of hydrogen-bond acceptors (Lipinski definition) is 0. The van der Waals surface area contributed by atoms with Gasteiger partial charge in [-0.05, 0) is 78.2 Å². The van der Waals surface area contributed by atoms with Crippen LogP contribution >= 0.6 is 0 Å². The summed E-state index contributed by atoms with van der Waals surface area (Å²) >= 11 is 0. The Morgan fingerprint density at radius 3 is 1.68 bits per heavy atom. The molecule has 6 aromatic rings. The van der Waals surface area contributed by atoms with Crippen molar-refractivity contribution in [1.29, 1.82) is 0 Å². The molecular formula is C31H20. The maximum Gasteiger partial charge on any atom is -0.00132 e. The van der Waals surface area contributed by atoms with Gasteiger partial charge in [0.2, 0.25) is 0 Å². The summed E-state index contributed by atoms with van der Waals surface area (Å²) in [6.07, 6.45) is 1.03. The molecule has 0 aliphatic heterocycles. The van der Waals surface area contributed by atoms with Crippen LogP contribution in [0.3, 0.4) is 0 Å². The summed E-state index contributed by atoms with van der Waals surface area (Å²) in [5.41, 5.74) is 8.28. The Morgan fingerprint density at radius 1 is 0.387 bits per heavy atom. The molecule has 1 aliphatic carbocycles. The van der Waals surface area contributed by atoms with Crippen LogP contribution in [0.15, 0.2) is 109 Å². The Hall–Kier alpha value is -3.90. The van der Waals surface area contributed by atoms with Crippen molar-refractivity contribution in [2.75, 3.05) is 0 Å². The third kappa shape index (κ3) is 2.36. The van der Waals surface area contributed by atoms with Crippen LogP contribution in [0.4, 0.5) is 0 Å². The second kappa shape index (κ2) is 6.30. The molecule has 0 spiro atoms. The molecule has 0 unspecified atom stereocenters. The molecule has 0 N–H and O–H groups in total. The van der Waals surface area contributed by atoms with Crippen molar-refractivity contribution in [3.63, 3.8) is 0 Å². The van der Waals surface area contributed by atoms with E-state index in [1.807, 2.05) is 0 Å². The molecule has 31 heavy (non-hydrogen) atoms. The van der Waals surface area contributed by atoms with Crippen LogP contribution in [-0.2, 0) is 6.42 Å². The number of rotatable bonds is 1. The topological polar surface area (TPSA) is 0 Å². The zero-order valence-electron chi connectivity index (χ0n) is 17.1. The lowest BCUT2D eigenvalue weighted by Gasteiger charge is -2.14. The van der Waals surface area contributed by atoms with Crippen molar-refractivity contribution in [2.45, 2.75) is 6.42 Å². The molecule has 0 heterocycles. The minimum Gasteiger partial charge on any atom is -0.0619 e. The van der Waals surface area contributed by atoms with E-state index in [0.717, 1.165) is 6.42 Å². The van der Waals surface area contributed by atoms with Gasteiger partial charge in [0.15, 0.2) is 0 Å². The number of hydrogen-bond donors (Lipinski definition) is 0. The van der Waals surface area contributed by atoms with Gasteiger partial charge in [0.05, 0.1) is 0 Å². The Bertz CT molecular complexity index is 1620. The standard InChI is InChI=1S/C31H20/c1-2-10-23-20(8-1)18-22-9-7-15-24(31(22)23)21-16-17-29-27-13-4-3-11-25(27)26-12-5-6-14-28(26)30(29)19-21/h1-17,19H,18H2. The fourth-order valence-electron chi connectivity index (χ4n) is 5.50. The third-order valence-electron chi connectivity index (χ3n) is 6.87. The van der Waals surface area contributed by atoms with Crippen LogP contribution in [-0.4, -0.2) is 0 Å². The lowest BCUT2D eigenvalue weighted by Crippen LogP contribution is -1.88. The smallest absolute Gasteiger partial charge is 0.00132 e. The second-order valence-electron chi connectivity index (χ2n) is 8.53. The van der Waals surface area contributed by atoms with E-state index in [1.54, 1.807) is 0 Å². The highest BCUT2D eigenvalue weighted by Crippen LogP contribution is 2.44. The van der Waals surface area contributed by atoms with Crippen LogP contribution in [0.1, 0.15) is 11.1 Å². The maximum atomic E-state index is 2.40. The molecule has 1 aliphatic rings. The molecule has 0 fully saturated rings. The molecule has 6 aromatic carbocycles. The van der Waals surface area contributed by atoms with Crippen LogP contribution in [0.5, 0.6) is 0 Å². The maximum absolute atomic E-state index is 2.40. The van der Waals surface area contributed by atoms with E-state index in [1.165, 1.54) is 65.7 Å². The van der Waals surface area contributed by atoms with E-state index in [4.69, 9.17) is 0 Å². The Kier molecular flexibility index (Phi) is 3.42. The highest BCUT2D eigenvalue weighted by Gasteiger charge is 2.21. The largest absolute Gasteiger partial charge is 0.0619 e. The molecule has 7 rings (SSSR count). The van der Waals surface area contributed by atoms with E-state index in [2.05, 4.69) is 109 Å². The molecule has 0 bridgehead atoms. The van der Waals surface area contributed by atoms with E-state index in [-0.39, 0.29) is 0 Å². The second-order valence-corrected chi connectivity index (χ2v) is 8.53. The monoisotopic (exact) mass is 392 g/mol. The summed E-state index contributed by atoms with van der Waals surface area (Å²) in [4.78, 5) is 0. The summed E-state index contributed by atoms with van der Waals surface area (Å²) in [6.45, 7) is 0. The van der Waals surface area contributed by atoms with Crippen molar-refractivity contribution in [2.24, 2.45) is 0 Å². The van der Waals surface area contributed by atoms with Gasteiger partial charge in [-0.25, -0.2) is 0 Å². The first-order valence-electron chi connectivity index (χ1n) is 10.9. The third-order valence-corrected chi connectivity index (χ3v) is 6.87. The molecule has 0 saturated heterocycles. The van der Waals surface area contributed by atoms with Crippen LogP contribution < -0.4 is 0 Å². The summed E-state index contributed by atoms with van der Waals surface area (Å²) in [5.74, 6) is 0. The van der Waals surface area contributed by atoms with E-state index >= 15 is 0 Å². The van der Waals surface area contributed by atoms with Gasteiger partial charge in [-0.3, -0.25) is 0 Å². The Balaban J connectivity index is 1.57. The highest BCUT2D eigenvalue weighted by atomic mass is 14.2. The van der Waals surface area contributed by atoms with Gasteiger partial charge >= 0.3 is 0 Å². The lowest BCUT2D eigenvalue weighted by atomic mass is 9.89. The first-order chi connectivity index (χ1) is 15.4. The van der Waals surface area contributed by atoms with Crippen molar-refractivity contribution < 1.29 is 0 Å². The quantitative estimate of drug-likeness (QED) is 0.246. The number of fused-ring (bicyclic) bond motifs is 9. The fourth-order valence-corrected chi connectivity index (χ4v) is 5.50. The van der Waals surface area contributed by atoms with E-state index in [0.29, 0.717) is 0 Å². The summed E-state index contributed by atoms with van der Waals surface area (Å²) < 4.78 is 0. The van der Waals surface area contributed by atoms with E-state index < -0.39 is 0 Å². The van der Waals surface area contributed by atoms with Gasteiger partial charge in [-0.1, -0.05) is 103 Å². The molecule has 0 aromatic heterocycles. The predicted molar refractivity (Wildman–Crippen MR) is 133 cm³/mol. The van der Waals surface area contributed by atoms with Crippen LogP contribution in [0.2, 0.25) is 0 Å². The molecule has 0 radical (unpaired) electrons. The van der Waals surface area contributed by atoms with Crippen molar-refractivity contribution in [3.05, 3.63) is 120 Å². The molecule has 0 nitrogen and oxygen atoms in total. The minimum atomic E-state index is 1.03. The molecule has 0 atom stereocenters.